The van der Waals surface area contributed by atoms with Crippen LogP contribution >= 0.6 is 0 Å². The third-order valence-corrected chi connectivity index (χ3v) is 5.23. The van der Waals surface area contributed by atoms with Crippen LogP contribution in [0.1, 0.15) is 60.3 Å². The average molecular weight is 442 g/mol. The van der Waals surface area contributed by atoms with Crippen molar-refractivity contribution in [2.24, 2.45) is 0 Å². The van der Waals surface area contributed by atoms with Gasteiger partial charge < -0.3 is 14.4 Å². The molecule has 0 radical (unpaired) electrons. The third-order valence-electron chi connectivity index (χ3n) is 5.23. The number of carbonyl (C=O) groups excluding carboxylic acids is 2. The SMILES string of the molecule is C=CCC(CC)N(CCN(CCC)CCC)CCN(CC(=O)OCC)CC(=O)OCC. The first-order valence-corrected chi connectivity index (χ1v) is 12.1. The van der Waals surface area contributed by atoms with Crippen LogP contribution in [0.25, 0.3) is 0 Å². The second-order valence-electron chi connectivity index (χ2n) is 7.78. The van der Waals surface area contributed by atoms with Gasteiger partial charge in [0.05, 0.1) is 26.3 Å². The Hall–Kier alpha value is -1.44. The lowest BCUT2D eigenvalue weighted by Crippen LogP contribution is -2.46. The molecule has 0 spiro atoms. The van der Waals surface area contributed by atoms with Crippen molar-refractivity contribution in [3.05, 3.63) is 12.7 Å². The number of nitrogens with zero attached hydrogens (tertiary/aromatic N) is 3. The molecular weight excluding hydrogens is 394 g/mol. The maximum atomic E-state index is 12.0. The zero-order chi connectivity index (χ0) is 23.5. The van der Waals surface area contributed by atoms with E-state index < -0.39 is 0 Å². The molecule has 0 N–H and O–H groups in total. The fraction of sp³-hybridized carbons (Fsp3) is 0.833. The van der Waals surface area contributed by atoms with E-state index >= 15 is 0 Å². The molecule has 0 aliphatic carbocycles. The summed E-state index contributed by atoms with van der Waals surface area (Å²) in [5, 5.41) is 0. The van der Waals surface area contributed by atoms with E-state index in [1.807, 2.05) is 11.0 Å². The number of carbonyl (C=O) groups is 2. The third kappa shape index (κ3) is 14.3. The van der Waals surface area contributed by atoms with Gasteiger partial charge in [0.25, 0.3) is 0 Å². The van der Waals surface area contributed by atoms with E-state index in [9.17, 15) is 9.59 Å². The summed E-state index contributed by atoms with van der Waals surface area (Å²) in [6.45, 7) is 20.6. The molecule has 0 aromatic carbocycles. The van der Waals surface area contributed by atoms with Gasteiger partial charge in [0.15, 0.2) is 0 Å². The van der Waals surface area contributed by atoms with Gasteiger partial charge in [0.1, 0.15) is 0 Å². The average Bonchev–Trinajstić information content (AvgIpc) is 2.72. The van der Waals surface area contributed by atoms with E-state index in [1.54, 1.807) is 13.8 Å². The molecule has 7 nitrogen and oxygen atoms in total. The van der Waals surface area contributed by atoms with Crippen LogP contribution in [0.2, 0.25) is 0 Å². The number of hydrogen-bond donors (Lipinski definition) is 0. The van der Waals surface area contributed by atoms with Crippen LogP contribution < -0.4 is 0 Å². The van der Waals surface area contributed by atoms with Gasteiger partial charge >= 0.3 is 11.9 Å². The van der Waals surface area contributed by atoms with Crippen molar-refractivity contribution < 1.29 is 19.1 Å². The number of ether oxygens (including phenoxy) is 2. The van der Waals surface area contributed by atoms with E-state index in [0.29, 0.717) is 25.8 Å². The predicted octanol–water partition coefficient (Wildman–Crippen LogP) is 3.19. The van der Waals surface area contributed by atoms with Crippen LogP contribution in [0.4, 0.5) is 0 Å². The highest BCUT2D eigenvalue weighted by Gasteiger charge is 2.21. The summed E-state index contributed by atoms with van der Waals surface area (Å²) in [6, 6.07) is 0.398. The lowest BCUT2D eigenvalue weighted by Gasteiger charge is -2.34. The molecule has 0 aliphatic heterocycles. The highest BCUT2D eigenvalue weighted by molar-refractivity contribution is 5.75. The zero-order valence-corrected chi connectivity index (χ0v) is 20.7. The van der Waals surface area contributed by atoms with Gasteiger partial charge in [0, 0.05) is 32.2 Å². The maximum Gasteiger partial charge on any atom is 0.320 e. The summed E-state index contributed by atoms with van der Waals surface area (Å²) >= 11 is 0. The number of esters is 2. The standard InChI is InChI=1S/C24H47N3O4/c1-7-13-22(10-4)27(18-16-25(14-8-2)15-9-3)19-17-26(20-23(28)30-11-5)21-24(29)31-12-6/h7,22H,1,8-21H2,2-6H3. The zero-order valence-electron chi connectivity index (χ0n) is 20.7. The normalized spacial score (nSPS) is 12.4. The molecule has 31 heavy (non-hydrogen) atoms. The van der Waals surface area contributed by atoms with Crippen molar-refractivity contribution in [3.8, 4) is 0 Å². The van der Waals surface area contributed by atoms with E-state index in [2.05, 4.69) is 37.1 Å². The van der Waals surface area contributed by atoms with Crippen molar-refractivity contribution in [1.82, 2.24) is 14.7 Å². The fourth-order valence-corrected chi connectivity index (χ4v) is 3.74. The highest BCUT2D eigenvalue weighted by atomic mass is 16.5. The lowest BCUT2D eigenvalue weighted by atomic mass is 10.1. The summed E-state index contributed by atoms with van der Waals surface area (Å²) in [5.41, 5.74) is 0. The largest absolute Gasteiger partial charge is 0.465 e. The van der Waals surface area contributed by atoms with Crippen molar-refractivity contribution >= 4 is 11.9 Å². The Labute approximate surface area is 190 Å². The molecule has 1 atom stereocenters. The summed E-state index contributed by atoms with van der Waals surface area (Å²) in [7, 11) is 0. The van der Waals surface area contributed by atoms with E-state index in [4.69, 9.17) is 9.47 Å². The minimum absolute atomic E-state index is 0.0938. The van der Waals surface area contributed by atoms with Crippen molar-refractivity contribution in [2.45, 2.75) is 66.3 Å². The van der Waals surface area contributed by atoms with Crippen LogP contribution in [0, 0.1) is 0 Å². The molecular formula is C24H47N3O4. The molecule has 0 aliphatic rings. The quantitative estimate of drug-likeness (QED) is 0.212. The minimum Gasteiger partial charge on any atom is -0.465 e. The summed E-state index contributed by atoms with van der Waals surface area (Å²) in [5.74, 6) is -0.623. The van der Waals surface area contributed by atoms with E-state index in [1.165, 1.54) is 0 Å². The molecule has 0 saturated heterocycles. The Morgan fingerprint density at radius 3 is 1.65 bits per heavy atom. The Kier molecular flexibility index (Phi) is 18.4. The summed E-state index contributed by atoms with van der Waals surface area (Å²) < 4.78 is 10.2. The predicted molar refractivity (Wildman–Crippen MR) is 127 cm³/mol. The molecule has 0 amide bonds. The Morgan fingerprint density at radius 1 is 0.774 bits per heavy atom. The Balaban J connectivity index is 5.17. The first-order valence-electron chi connectivity index (χ1n) is 12.1. The molecule has 7 heteroatoms. The van der Waals surface area contributed by atoms with Crippen molar-refractivity contribution in [3.63, 3.8) is 0 Å². The second-order valence-corrected chi connectivity index (χ2v) is 7.78. The molecule has 0 aromatic heterocycles. The van der Waals surface area contributed by atoms with Crippen LogP contribution in [0.5, 0.6) is 0 Å². The molecule has 0 heterocycles. The number of rotatable bonds is 20. The van der Waals surface area contributed by atoms with Gasteiger partial charge in [0.2, 0.25) is 0 Å². The number of hydrogen-bond acceptors (Lipinski definition) is 7. The second kappa shape index (κ2) is 19.3. The summed E-state index contributed by atoms with van der Waals surface area (Å²) in [4.78, 5) is 30.9. The highest BCUT2D eigenvalue weighted by Crippen LogP contribution is 2.11. The minimum atomic E-state index is -0.312. The summed E-state index contributed by atoms with van der Waals surface area (Å²) in [6.07, 6.45) is 6.23. The van der Waals surface area contributed by atoms with Crippen LogP contribution in [0.15, 0.2) is 12.7 Å². The van der Waals surface area contributed by atoms with Gasteiger partial charge in [-0.25, -0.2) is 0 Å². The monoisotopic (exact) mass is 441 g/mol. The first kappa shape index (κ1) is 29.6. The van der Waals surface area contributed by atoms with Gasteiger partial charge in [-0.1, -0.05) is 26.8 Å². The van der Waals surface area contributed by atoms with Gasteiger partial charge in [-0.2, -0.15) is 0 Å². The molecule has 0 saturated carbocycles. The van der Waals surface area contributed by atoms with Crippen molar-refractivity contribution in [1.29, 1.82) is 0 Å². The van der Waals surface area contributed by atoms with Crippen LogP contribution in [-0.2, 0) is 19.1 Å². The van der Waals surface area contributed by atoms with Gasteiger partial charge in [-0.3, -0.25) is 19.4 Å². The van der Waals surface area contributed by atoms with Crippen LogP contribution in [-0.4, -0.2) is 98.3 Å². The first-order chi connectivity index (χ1) is 14.9. The fourth-order valence-electron chi connectivity index (χ4n) is 3.74. The van der Waals surface area contributed by atoms with Crippen LogP contribution in [0.3, 0.4) is 0 Å². The lowest BCUT2D eigenvalue weighted by molar-refractivity contribution is -0.148. The molecule has 0 aromatic rings. The van der Waals surface area contributed by atoms with Gasteiger partial charge in [-0.15, -0.1) is 6.58 Å². The van der Waals surface area contributed by atoms with E-state index in [-0.39, 0.29) is 25.0 Å². The Bertz CT molecular complexity index is 461. The molecule has 0 bridgehead atoms. The molecule has 1 unspecified atom stereocenters. The van der Waals surface area contributed by atoms with E-state index in [0.717, 1.165) is 58.4 Å². The maximum absolute atomic E-state index is 12.0. The Morgan fingerprint density at radius 2 is 1.26 bits per heavy atom. The molecule has 0 rings (SSSR count). The molecule has 182 valence electrons. The van der Waals surface area contributed by atoms with Gasteiger partial charge in [-0.05, 0) is 52.6 Å². The molecule has 0 fully saturated rings. The van der Waals surface area contributed by atoms with Crippen molar-refractivity contribution in [2.75, 3.05) is 65.6 Å². The topological polar surface area (TPSA) is 62.3 Å². The smallest absolute Gasteiger partial charge is 0.320 e.